The van der Waals surface area contributed by atoms with Crippen LogP contribution in [0.4, 0.5) is 5.69 Å². The number of aryl methyl sites for hydroxylation is 1. The average Bonchev–Trinajstić information content (AvgIpc) is 2.80. The van der Waals surface area contributed by atoms with Gasteiger partial charge < -0.3 is 15.0 Å². The number of hydrogen-bond donors (Lipinski definition) is 1. The van der Waals surface area contributed by atoms with Gasteiger partial charge in [0, 0.05) is 13.1 Å². The van der Waals surface area contributed by atoms with Gasteiger partial charge in [-0.3, -0.25) is 13.9 Å². The minimum absolute atomic E-state index is 0.167. The second kappa shape index (κ2) is 12.6. The zero-order valence-corrected chi connectivity index (χ0v) is 22.3. The van der Waals surface area contributed by atoms with Gasteiger partial charge in [-0.05, 0) is 44.4 Å². The van der Waals surface area contributed by atoms with Crippen LogP contribution >= 0.6 is 0 Å². The van der Waals surface area contributed by atoms with E-state index in [0.29, 0.717) is 18.9 Å². The van der Waals surface area contributed by atoms with E-state index in [2.05, 4.69) is 5.32 Å². The Hall–Kier alpha value is -3.07. The first-order valence-electron chi connectivity index (χ1n) is 11.8. The molecule has 9 heteroatoms. The largest absolute Gasteiger partial charge is 0.492 e. The molecule has 0 aliphatic carbocycles. The van der Waals surface area contributed by atoms with E-state index >= 15 is 0 Å². The van der Waals surface area contributed by atoms with E-state index in [1.54, 1.807) is 38.1 Å². The van der Waals surface area contributed by atoms with Crippen LogP contribution < -0.4 is 14.4 Å². The predicted octanol–water partition coefficient (Wildman–Crippen LogP) is 3.35. The van der Waals surface area contributed by atoms with E-state index in [9.17, 15) is 18.0 Å². The summed E-state index contributed by atoms with van der Waals surface area (Å²) in [6, 6.07) is 13.5. The molecule has 0 spiro atoms. The summed E-state index contributed by atoms with van der Waals surface area (Å²) in [5.74, 6) is -0.168. The number of amides is 2. The molecule has 0 fully saturated rings. The van der Waals surface area contributed by atoms with Crippen LogP contribution in [0.1, 0.15) is 38.8 Å². The van der Waals surface area contributed by atoms with E-state index in [1.165, 1.54) is 4.90 Å². The van der Waals surface area contributed by atoms with E-state index in [-0.39, 0.29) is 24.1 Å². The van der Waals surface area contributed by atoms with E-state index in [0.717, 1.165) is 21.7 Å². The summed E-state index contributed by atoms with van der Waals surface area (Å²) in [5.41, 5.74) is 2.19. The van der Waals surface area contributed by atoms with Crippen LogP contribution in [-0.4, -0.2) is 57.1 Å². The molecule has 0 aliphatic rings. The highest BCUT2D eigenvalue weighted by atomic mass is 32.2. The van der Waals surface area contributed by atoms with Crippen molar-refractivity contribution in [2.24, 2.45) is 5.92 Å². The second-order valence-corrected chi connectivity index (χ2v) is 10.9. The Bertz CT molecular complexity index is 1100. The van der Waals surface area contributed by atoms with Gasteiger partial charge in [-0.1, -0.05) is 55.8 Å². The van der Waals surface area contributed by atoms with Crippen molar-refractivity contribution in [1.29, 1.82) is 0 Å². The van der Waals surface area contributed by atoms with Gasteiger partial charge in [0.15, 0.2) is 0 Å². The number of anilines is 1. The lowest BCUT2D eigenvalue weighted by Gasteiger charge is -2.32. The van der Waals surface area contributed by atoms with Crippen molar-refractivity contribution < 1.29 is 22.7 Å². The summed E-state index contributed by atoms with van der Waals surface area (Å²) in [4.78, 5) is 27.9. The van der Waals surface area contributed by atoms with Gasteiger partial charge >= 0.3 is 0 Å². The second-order valence-electron chi connectivity index (χ2n) is 8.99. The molecular weight excluding hydrogens is 466 g/mol. The van der Waals surface area contributed by atoms with Crippen molar-refractivity contribution in [2.45, 2.75) is 47.2 Å². The number of hydrogen-bond acceptors (Lipinski definition) is 5. The van der Waals surface area contributed by atoms with Gasteiger partial charge in [0.1, 0.15) is 18.3 Å². The standard InChI is InChI=1S/C26H37N3O5S/c1-7-34-24-11-9-8-10-23(24)29(35(6,32)33)18-25(30)28(17-22-14-12-20(4)13-15-22)21(5)26(31)27-16-19(2)3/h8-15,19,21H,7,16-18H2,1-6H3,(H,27,31)/t21-/m0/s1. The number of sulfonamides is 1. The SMILES string of the molecule is CCOc1ccccc1N(CC(=O)N(Cc1ccc(C)cc1)[C@@H](C)C(=O)NCC(C)C)S(C)(=O)=O. The van der Waals surface area contributed by atoms with Crippen LogP contribution in [0.5, 0.6) is 5.75 Å². The van der Waals surface area contributed by atoms with Crippen LogP contribution in [0.3, 0.4) is 0 Å². The molecule has 8 nitrogen and oxygen atoms in total. The lowest BCUT2D eigenvalue weighted by Crippen LogP contribution is -2.51. The van der Waals surface area contributed by atoms with E-state index in [1.807, 2.05) is 45.0 Å². The first-order chi connectivity index (χ1) is 16.4. The first-order valence-corrected chi connectivity index (χ1v) is 13.6. The molecule has 1 N–H and O–H groups in total. The quantitative estimate of drug-likeness (QED) is 0.479. The van der Waals surface area contributed by atoms with Crippen molar-refractivity contribution in [3.63, 3.8) is 0 Å². The number of para-hydroxylation sites is 2. The molecule has 0 aromatic heterocycles. The smallest absolute Gasteiger partial charge is 0.244 e. The molecule has 0 bridgehead atoms. The minimum Gasteiger partial charge on any atom is -0.492 e. The number of rotatable bonds is 12. The van der Waals surface area contributed by atoms with Crippen LogP contribution in [0, 0.1) is 12.8 Å². The Morgan fingerprint density at radius 2 is 1.66 bits per heavy atom. The minimum atomic E-state index is -3.83. The van der Waals surface area contributed by atoms with Crippen LogP contribution in [-0.2, 0) is 26.2 Å². The summed E-state index contributed by atoms with van der Waals surface area (Å²) in [6.45, 7) is 9.92. The third-order valence-corrected chi connectivity index (χ3v) is 6.56. The lowest BCUT2D eigenvalue weighted by atomic mass is 10.1. The zero-order valence-electron chi connectivity index (χ0n) is 21.4. The normalized spacial score (nSPS) is 12.2. The van der Waals surface area contributed by atoms with Gasteiger partial charge in [0.25, 0.3) is 0 Å². The van der Waals surface area contributed by atoms with Crippen molar-refractivity contribution in [1.82, 2.24) is 10.2 Å². The molecule has 0 aliphatic heterocycles. The highest BCUT2D eigenvalue weighted by Crippen LogP contribution is 2.30. The summed E-state index contributed by atoms with van der Waals surface area (Å²) < 4.78 is 32.1. The molecule has 0 saturated carbocycles. The first kappa shape index (κ1) is 28.2. The summed E-state index contributed by atoms with van der Waals surface area (Å²) in [6.07, 6.45) is 1.05. The molecule has 2 amide bonds. The molecule has 0 radical (unpaired) electrons. The van der Waals surface area contributed by atoms with Gasteiger partial charge in [0.2, 0.25) is 21.8 Å². The van der Waals surface area contributed by atoms with Gasteiger partial charge in [0.05, 0.1) is 18.6 Å². The van der Waals surface area contributed by atoms with Gasteiger partial charge in [-0.25, -0.2) is 8.42 Å². The number of carbonyl (C=O) groups excluding carboxylic acids is 2. The summed E-state index contributed by atoms with van der Waals surface area (Å²) in [5, 5.41) is 2.87. The van der Waals surface area contributed by atoms with Crippen LogP contribution in [0.25, 0.3) is 0 Å². The third-order valence-electron chi connectivity index (χ3n) is 5.44. The Morgan fingerprint density at radius 1 is 1.03 bits per heavy atom. The fourth-order valence-electron chi connectivity index (χ4n) is 3.46. The number of benzene rings is 2. The Morgan fingerprint density at radius 3 is 2.23 bits per heavy atom. The fraction of sp³-hybridized carbons (Fsp3) is 0.462. The van der Waals surface area contributed by atoms with Gasteiger partial charge in [-0.15, -0.1) is 0 Å². The Kier molecular flexibility index (Phi) is 10.1. The molecule has 2 aromatic carbocycles. The van der Waals surface area contributed by atoms with Crippen LogP contribution in [0.15, 0.2) is 48.5 Å². The fourth-order valence-corrected chi connectivity index (χ4v) is 4.31. The van der Waals surface area contributed by atoms with Crippen molar-refractivity contribution in [3.05, 3.63) is 59.7 Å². The lowest BCUT2D eigenvalue weighted by molar-refractivity contribution is -0.139. The number of nitrogens with zero attached hydrogens (tertiary/aromatic N) is 2. The maximum atomic E-state index is 13.6. The maximum Gasteiger partial charge on any atom is 0.244 e. The highest BCUT2D eigenvalue weighted by Gasteiger charge is 2.31. The number of carbonyl (C=O) groups is 2. The average molecular weight is 504 g/mol. The Labute approximate surface area is 209 Å². The molecule has 0 unspecified atom stereocenters. The monoisotopic (exact) mass is 503 g/mol. The third kappa shape index (κ3) is 8.28. The van der Waals surface area contributed by atoms with E-state index < -0.39 is 28.5 Å². The van der Waals surface area contributed by atoms with Crippen LogP contribution in [0.2, 0.25) is 0 Å². The molecule has 1 atom stereocenters. The maximum absolute atomic E-state index is 13.6. The van der Waals surface area contributed by atoms with Crippen molar-refractivity contribution in [2.75, 3.05) is 30.3 Å². The zero-order chi connectivity index (χ0) is 26.2. The molecule has 192 valence electrons. The summed E-state index contributed by atoms with van der Waals surface area (Å²) in [7, 11) is -3.83. The highest BCUT2D eigenvalue weighted by molar-refractivity contribution is 7.92. The number of nitrogens with one attached hydrogen (secondary N) is 1. The van der Waals surface area contributed by atoms with E-state index in [4.69, 9.17) is 4.74 Å². The predicted molar refractivity (Wildman–Crippen MR) is 139 cm³/mol. The Balaban J connectivity index is 2.40. The number of ether oxygens (including phenoxy) is 1. The molecular formula is C26H37N3O5S. The van der Waals surface area contributed by atoms with Crippen molar-refractivity contribution in [3.8, 4) is 5.75 Å². The molecule has 2 rings (SSSR count). The molecule has 2 aromatic rings. The molecule has 35 heavy (non-hydrogen) atoms. The van der Waals surface area contributed by atoms with Gasteiger partial charge in [-0.2, -0.15) is 0 Å². The molecule has 0 heterocycles. The van der Waals surface area contributed by atoms with Crippen molar-refractivity contribution >= 4 is 27.5 Å². The summed E-state index contributed by atoms with van der Waals surface area (Å²) >= 11 is 0. The topological polar surface area (TPSA) is 96.0 Å². The molecule has 0 saturated heterocycles.